The minimum absolute atomic E-state index is 0.179. The normalized spacial score (nSPS) is 12.9. The molecular formula is C11H14ClFO. The van der Waals surface area contributed by atoms with Crippen LogP contribution >= 0.6 is 11.6 Å². The van der Waals surface area contributed by atoms with Crippen LogP contribution in [0.2, 0.25) is 5.02 Å². The summed E-state index contributed by atoms with van der Waals surface area (Å²) < 4.78 is 12.7. The van der Waals surface area contributed by atoms with Crippen LogP contribution in [0.15, 0.2) is 18.2 Å². The molecular weight excluding hydrogens is 203 g/mol. The van der Waals surface area contributed by atoms with E-state index in [0.29, 0.717) is 5.02 Å². The molecule has 0 heterocycles. The molecule has 1 nitrogen and oxygen atoms in total. The Morgan fingerprint density at radius 1 is 1.50 bits per heavy atom. The minimum Gasteiger partial charge on any atom is -0.396 e. The van der Waals surface area contributed by atoms with E-state index >= 15 is 0 Å². The maximum absolute atomic E-state index is 12.7. The summed E-state index contributed by atoms with van der Waals surface area (Å²) in [5.74, 6) is -0.0509. The fourth-order valence-electron chi connectivity index (χ4n) is 1.22. The summed E-state index contributed by atoms with van der Waals surface area (Å²) in [6, 6.07) is 4.42. The van der Waals surface area contributed by atoms with Gasteiger partial charge < -0.3 is 5.11 Å². The second-order valence-corrected chi connectivity index (χ2v) is 3.97. The van der Waals surface area contributed by atoms with Crippen molar-refractivity contribution in [1.29, 1.82) is 0 Å². The number of halogens is 2. The molecule has 1 atom stereocenters. The van der Waals surface area contributed by atoms with Crippen molar-refractivity contribution in [2.24, 2.45) is 5.92 Å². The monoisotopic (exact) mass is 216 g/mol. The molecule has 0 spiro atoms. The van der Waals surface area contributed by atoms with Crippen LogP contribution in [0.3, 0.4) is 0 Å². The van der Waals surface area contributed by atoms with Crippen LogP contribution in [-0.4, -0.2) is 11.7 Å². The van der Waals surface area contributed by atoms with Gasteiger partial charge in [-0.15, -0.1) is 0 Å². The lowest BCUT2D eigenvalue weighted by Gasteiger charge is -2.08. The van der Waals surface area contributed by atoms with Gasteiger partial charge in [-0.2, -0.15) is 0 Å². The zero-order valence-corrected chi connectivity index (χ0v) is 8.89. The minimum atomic E-state index is -0.311. The third-order valence-electron chi connectivity index (χ3n) is 2.23. The van der Waals surface area contributed by atoms with Gasteiger partial charge >= 0.3 is 0 Å². The molecule has 0 aliphatic rings. The van der Waals surface area contributed by atoms with Gasteiger partial charge in [-0.25, -0.2) is 4.39 Å². The highest BCUT2D eigenvalue weighted by Crippen LogP contribution is 2.20. The average Bonchev–Trinajstić information content (AvgIpc) is 2.16. The second kappa shape index (κ2) is 5.32. The van der Waals surface area contributed by atoms with Gasteiger partial charge in [-0.3, -0.25) is 0 Å². The van der Waals surface area contributed by atoms with Gasteiger partial charge in [-0.1, -0.05) is 24.6 Å². The van der Waals surface area contributed by atoms with Gasteiger partial charge in [0.25, 0.3) is 0 Å². The van der Waals surface area contributed by atoms with Gasteiger partial charge in [0.15, 0.2) is 0 Å². The molecule has 3 heteroatoms. The van der Waals surface area contributed by atoms with Crippen molar-refractivity contribution in [2.75, 3.05) is 6.61 Å². The molecule has 0 saturated carbocycles. The summed E-state index contributed by atoms with van der Waals surface area (Å²) in [5.41, 5.74) is 0.938. The summed E-state index contributed by atoms with van der Waals surface area (Å²) in [6.45, 7) is 2.15. The fraction of sp³-hybridized carbons (Fsp3) is 0.455. The first-order valence-corrected chi connectivity index (χ1v) is 5.06. The van der Waals surface area contributed by atoms with E-state index in [1.807, 2.05) is 6.92 Å². The lowest BCUT2D eigenvalue weighted by molar-refractivity contribution is 0.230. The number of aliphatic hydroxyl groups is 1. The Morgan fingerprint density at radius 2 is 2.21 bits per heavy atom. The van der Waals surface area contributed by atoms with Crippen molar-refractivity contribution in [2.45, 2.75) is 19.8 Å². The highest BCUT2D eigenvalue weighted by Gasteiger charge is 2.05. The van der Waals surface area contributed by atoms with E-state index in [1.165, 1.54) is 12.1 Å². The molecule has 1 aromatic carbocycles. The van der Waals surface area contributed by atoms with Crippen molar-refractivity contribution in [3.8, 4) is 0 Å². The van der Waals surface area contributed by atoms with Crippen molar-refractivity contribution in [3.63, 3.8) is 0 Å². The van der Waals surface area contributed by atoms with Crippen LogP contribution in [0.4, 0.5) is 4.39 Å². The van der Waals surface area contributed by atoms with Crippen LogP contribution in [0.25, 0.3) is 0 Å². The number of aryl methyl sites for hydroxylation is 1. The summed E-state index contributed by atoms with van der Waals surface area (Å²) in [5, 5.41) is 9.30. The largest absolute Gasteiger partial charge is 0.396 e. The standard InChI is InChI=1S/C11H14ClFO/c1-8(7-14)2-3-9-4-5-10(13)6-11(9)12/h4-6,8,14H,2-3,7H2,1H3. The molecule has 0 aromatic heterocycles. The Morgan fingerprint density at radius 3 is 2.79 bits per heavy atom. The Hall–Kier alpha value is -0.600. The molecule has 14 heavy (non-hydrogen) atoms. The number of rotatable bonds is 4. The molecule has 78 valence electrons. The molecule has 1 unspecified atom stereocenters. The molecule has 0 aliphatic carbocycles. The number of benzene rings is 1. The summed E-state index contributed by atoms with van der Waals surface area (Å²) >= 11 is 5.85. The predicted molar refractivity (Wildman–Crippen MR) is 56.0 cm³/mol. The van der Waals surface area contributed by atoms with E-state index in [4.69, 9.17) is 16.7 Å². The molecule has 1 rings (SSSR count). The van der Waals surface area contributed by atoms with Crippen LogP contribution < -0.4 is 0 Å². The molecule has 1 N–H and O–H groups in total. The van der Waals surface area contributed by atoms with Crippen LogP contribution in [-0.2, 0) is 6.42 Å². The maximum atomic E-state index is 12.7. The lowest BCUT2D eigenvalue weighted by atomic mass is 10.0. The Balaban J connectivity index is 2.59. The first kappa shape index (κ1) is 11.5. The van der Waals surface area contributed by atoms with Gasteiger partial charge in [-0.05, 0) is 36.5 Å². The summed E-state index contributed by atoms with van der Waals surface area (Å²) in [7, 11) is 0. The smallest absolute Gasteiger partial charge is 0.124 e. The molecule has 0 bridgehead atoms. The van der Waals surface area contributed by atoms with Crippen molar-refractivity contribution >= 4 is 11.6 Å². The third-order valence-corrected chi connectivity index (χ3v) is 2.59. The highest BCUT2D eigenvalue weighted by atomic mass is 35.5. The van der Waals surface area contributed by atoms with Crippen LogP contribution in [0, 0.1) is 11.7 Å². The average molecular weight is 217 g/mol. The second-order valence-electron chi connectivity index (χ2n) is 3.56. The maximum Gasteiger partial charge on any atom is 0.124 e. The van der Waals surface area contributed by atoms with E-state index in [-0.39, 0.29) is 18.3 Å². The zero-order valence-electron chi connectivity index (χ0n) is 8.13. The molecule has 1 aromatic rings. The predicted octanol–water partition coefficient (Wildman–Crippen LogP) is 3.04. The molecule has 0 radical (unpaired) electrons. The molecule has 0 fully saturated rings. The Kier molecular flexibility index (Phi) is 4.36. The highest BCUT2D eigenvalue weighted by molar-refractivity contribution is 6.31. The Bertz CT molecular complexity index is 301. The SMILES string of the molecule is CC(CO)CCc1ccc(F)cc1Cl. The fourth-order valence-corrected chi connectivity index (χ4v) is 1.48. The first-order valence-electron chi connectivity index (χ1n) is 4.68. The number of aliphatic hydroxyl groups excluding tert-OH is 1. The molecule has 0 saturated heterocycles. The molecule has 0 amide bonds. The van der Waals surface area contributed by atoms with E-state index in [2.05, 4.69) is 0 Å². The summed E-state index contributed by atoms with van der Waals surface area (Å²) in [4.78, 5) is 0. The molecule has 0 aliphatic heterocycles. The van der Waals surface area contributed by atoms with Gasteiger partial charge in [0.05, 0.1) is 0 Å². The van der Waals surface area contributed by atoms with E-state index < -0.39 is 0 Å². The zero-order chi connectivity index (χ0) is 10.6. The Labute approximate surface area is 88.5 Å². The van der Waals surface area contributed by atoms with Gasteiger partial charge in [0, 0.05) is 11.6 Å². The third kappa shape index (κ3) is 3.28. The number of hydrogen-bond acceptors (Lipinski definition) is 1. The lowest BCUT2D eigenvalue weighted by Crippen LogP contribution is -2.02. The van der Waals surface area contributed by atoms with Crippen molar-refractivity contribution in [1.82, 2.24) is 0 Å². The number of hydrogen-bond donors (Lipinski definition) is 1. The van der Waals surface area contributed by atoms with E-state index in [9.17, 15) is 4.39 Å². The van der Waals surface area contributed by atoms with Gasteiger partial charge in [0.1, 0.15) is 5.82 Å². The van der Waals surface area contributed by atoms with Crippen molar-refractivity contribution in [3.05, 3.63) is 34.6 Å². The summed E-state index contributed by atoms with van der Waals surface area (Å²) in [6.07, 6.45) is 1.64. The van der Waals surface area contributed by atoms with Crippen molar-refractivity contribution < 1.29 is 9.50 Å². The van der Waals surface area contributed by atoms with Gasteiger partial charge in [0.2, 0.25) is 0 Å². The quantitative estimate of drug-likeness (QED) is 0.820. The van der Waals surface area contributed by atoms with E-state index in [0.717, 1.165) is 18.4 Å². The van der Waals surface area contributed by atoms with Crippen LogP contribution in [0.1, 0.15) is 18.9 Å². The van der Waals surface area contributed by atoms with Crippen LogP contribution in [0.5, 0.6) is 0 Å². The van der Waals surface area contributed by atoms with E-state index in [1.54, 1.807) is 6.07 Å². The first-order chi connectivity index (χ1) is 6.63. The topological polar surface area (TPSA) is 20.2 Å².